The van der Waals surface area contributed by atoms with Crippen molar-refractivity contribution in [3.8, 4) is 0 Å². The van der Waals surface area contributed by atoms with E-state index in [0.717, 1.165) is 5.56 Å². The first-order valence-corrected chi connectivity index (χ1v) is 7.03. The lowest BCUT2D eigenvalue weighted by Crippen LogP contribution is -2.26. The van der Waals surface area contributed by atoms with Crippen LogP contribution in [-0.4, -0.2) is 5.91 Å². The first kappa shape index (κ1) is 14.3. The van der Waals surface area contributed by atoms with Gasteiger partial charge in [0.2, 0.25) is 0 Å². The van der Waals surface area contributed by atoms with E-state index in [1.165, 1.54) is 5.56 Å². The predicted molar refractivity (Wildman–Crippen MR) is 82.9 cm³/mol. The van der Waals surface area contributed by atoms with Gasteiger partial charge in [-0.05, 0) is 36.1 Å². The highest BCUT2D eigenvalue weighted by molar-refractivity contribution is 5.94. The fraction of sp³-hybridized carbons (Fsp3) is 0.278. The normalized spacial score (nSPS) is 12.2. The third-order valence-corrected chi connectivity index (χ3v) is 3.49. The van der Waals surface area contributed by atoms with Crippen LogP contribution in [0.1, 0.15) is 54.2 Å². The van der Waals surface area contributed by atoms with Crippen LogP contribution in [0, 0.1) is 0 Å². The maximum atomic E-state index is 12.2. The predicted octanol–water partition coefficient (Wildman–Crippen LogP) is 4.30. The lowest BCUT2D eigenvalue weighted by Gasteiger charge is -2.14. The van der Waals surface area contributed by atoms with E-state index in [4.69, 9.17) is 0 Å². The first-order valence-electron chi connectivity index (χ1n) is 7.03. The van der Waals surface area contributed by atoms with E-state index < -0.39 is 0 Å². The number of carbonyl (C=O) groups is 1. The lowest BCUT2D eigenvalue weighted by atomic mass is 10.0. The van der Waals surface area contributed by atoms with Gasteiger partial charge in [-0.25, -0.2) is 0 Å². The maximum Gasteiger partial charge on any atom is 0.251 e. The minimum Gasteiger partial charge on any atom is -0.346 e. The second-order valence-electron chi connectivity index (χ2n) is 5.38. The van der Waals surface area contributed by atoms with E-state index in [9.17, 15) is 4.79 Å². The van der Waals surface area contributed by atoms with Gasteiger partial charge in [-0.15, -0.1) is 0 Å². The fourth-order valence-corrected chi connectivity index (χ4v) is 2.12. The molecule has 1 atom stereocenters. The summed E-state index contributed by atoms with van der Waals surface area (Å²) in [5.41, 5.74) is 3.06. The van der Waals surface area contributed by atoms with Crippen LogP contribution in [0.3, 0.4) is 0 Å². The molecule has 2 rings (SSSR count). The summed E-state index contributed by atoms with van der Waals surface area (Å²) in [4.78, 5) is 12.2. The van der Waals surface area contributed by atoms with Crippen molar-refractivity contribution in [1.29, 1.82) is 0 Å². The Morgan fingerprint density at radius 2 is 1.45 bits per heavy atom. The molecule has 2 nitrogen and oxygen atoms in total. The molecule has 0 unspecified atom stereocenters. The zero-order valence-electron chi connectivity index (χ0n) is 12.3. The highest BCUT2D eigenvalue weighted by Gasteiger charge is 2.11. The number of rotatable bonds is 4. The molecule has 20 heavy (non-hydrogen) atoms. The van der Waals surface area contributed by atoms with Crippen LogP contribution in [-0.2, 0) is 0 Å². The number of carbonyl (C=O) groups excluding carboxylic acids is 1. The number of nitrogens with one attached hydrogen (secondary N) is 1. The van der Waals surface area contributed by atoms with Crippen molar-refractivity contribution in [2.24, 2.45) is 0 Å². The summed E-state index contributed by atoms with van der Waals surface area (Å²) in [6, 6.07) is 17.8. The maximum absolute atomic E-state index is 12.2. The van der Waals surface area contributed by atoms with Gasteiger partial charge in [-0.3, -0.25) is 4.79 Å². The van der Waals surface area contributed by atoms with Crippen molar-refractivity contribution in [3.63, 3.8) is 0 Å². The number of hydrogen-bond acceptors (Lipinski definition) is 1. The average molecular weight is 267 g/mol. The Morgan fingerprint density at radius 1 is 0.850 bits per heavy atom. The van der Waals surface area contributed by atoms with Gasteiger partial charge in [0.15, 0.2) is 0 Å². The molecule has 0 aliphatic rings. The Morgan fingerprint density at radius 3 is 2.00 bits per heavy atom. The smallest absolute Gasteiger partial charge is 0.251 e. The van der Waals surface area contributed by atoms with Gasteiger partial charge in [-0.1, -0.05) is 56.3 Å². The minimum absolute atomic E-state index is 0.00785. The molecule has 0 aromatic heterocycles. The van der Waals surface area contributed by atoms with Gasteiger partial charge < -0.3 is 5.32 Å². The molecule has 2 aromatic rings. The van der Waals surface area contributed by atoms with E-state index in [-0.39, 0.29) is 11.9 Å². The summed E-state index contributed by atoms with van der Waals surface area (Å²) >= 11 is 0. The van der Waals surface area contributed by atoms with E-state index in [2.05, 4.69) is 19.2 Å². The monoisotopic (exact) mass is 267 g/mol. The molecule has 0 aliphatic carbocycles. The minimum atomic E-state index is -0.0309. The molecule has 1 amide bonds. The Hall–Kier alpha value is -2.09. The number of hydrogen-bond donors (Lipinski definition) is 1. The van der Waals surface area contributed by atoms with Crippen LogP contribution >= 0.6 is 0 Å². The standard InChI is InChI=1S/C18H21NO/c1-13(2)15-9-11-17(12-10-15)18(20)19-14(3)16-7-5-4-6-8-16/h4-14H,1-3H3,(H,19,20)/t14-/m0/s1. The summed E-state index contributed by atoms with van der Waals surface area (Å²) in [5.74, 6) is 0.451. The van der Waals surface area contributed by atoms with E-state index >= 15 is 0 Å². The van der Waals surface area contributed by atoms with Gasteiger partial charge in [0.25, 0.3) is 5.91 Å². The summed E-state index contributed by atoms with van der Waals surface area (Å²) in [7, 11) is 0. The molecule has 104 valence electrons. The summed E-state index contributed by atoms with van der Waals surface area (Å²) in [5, 5.41) is 3.02. The largest absolute Gasteiger partial charge is 0.346 e. The quantitative estimate of drug-likeness (QED) is 0.879. The molecule has 0 radical (unpaired) electrons. The molecule has 1 N–H and O–H groups in total. The molecule has 0 aliphatic heterocycles. The molecular weight excluding hydrogens is 246 g/mol. The molecule has 0 spiro atoms. The van der Waals surface area contributed by atoms with Crippen LogP contribution in [0.15, 0.2) is 54.6 Å². The second-order valence-corrected chi connectivity index (χ2v) is 5.38. The number of benzene rings is 2. The van der Waals surface area contributed by atoms with Crippen molar-refractivity contribution in [3.05, 3.63) is 71.3 Å². The molecule has 0 fully saturated rings. The van der Waals surface area contributed by atoms with Crippen LogP contribution in [0.2, 0.25) is 0 Å². The van der Waals surface area contributed by atoms with Crippen molar-refractivity contribution < 1.29 is 4.79 Å². The highest BCUT2D eigenvalue weighted by atomic mass is 16.1. The third kappa shape index (κ3) is 3.47. The van der Waals surface area contributed by atoms with Crippen LogP contribution in [0.4, 0.5) is 0 Å². The van der Waals surface area contributed by atoms with Gasteiger partial charge in [-0.2, -0.15) is 0 Å². The fourth-order valence-electron chi connectivity index (χ4n) is 2.12. The molecule has 2 heteroatoms. The topological polar surface area (TPSA) is 29.1 Å². The second kappa shape index (κ2) is 6.38. The summed E-state index contributed by atoms with van der Waals surface area (Å²) < 4.78 is 0. The van der Waals surface area contributed by atoms with Gasteiger partial charge in [0, 0.05) is 5.56 Å². The molecule has 0 heterocycles. The molecule has 0 bridgehead atoms. The van der Waals surface area contributed by atoms with Gasteiger partial charge in [0.1, 0.15) is 0 Å². The lowest BCUT2D eigenvalue weighted by molar-refractivity contribution is 0.0940. The van der Waals surface area contributed by atoms with E-state index in [1.807, 2.05) is 61.5 Å². The highest BCUT2D eigenvalue weighted by Crippen LogP contribution is 2.16. The van der Waals surface area contributed by atoms with E-state index in [1.54, 1.807) is 0 Å². The first-order chi connectivity index (χ1) is 9.58. The average Bonchev–Trinajstić information content (AvgIpc) is 2.48. The molecule has 0 saturated heterocycles. The summed E-state index contributed by atoms with van der Waals surface area (Å²) in [6.07, 6.45) is 0. The Kier molecular flexibility index (Phi) is 4.57. The Labute approximate surface area is 120 Å². The van der Waals surface area contributed by atoms with Gasteiger partial charge in [0.05, 0.1) is 6.04 Å². The SMILES string of the molecule is CC(C)c1ccc(C(=O)N[C@@H](C)c2ccccc2)cc1. The van der Waals surface area contributed by atoms with Crippen LogP contribution < -0.4 is 5.32 Å². The summed E-state index contributed by atoms with van der Waals surface area (Å²) in [6.45, 7) is 6.29. The number of amides is 1. The van der Waals surface area contributed by atoms with Crippen molar-refractivity contribution in [1.82, 2.24) is 5.32 Å². The van der Waals surface area contributed by atoms with Crippen LogP contribution in [0.5, 0.6) is 0 Å². The zero-order chi connectivity index (χ0) is 14.5. The van der Waals surface area contributed by atoms with E-state index in [0.29, 0.717) is 11.5 Å². The third-order valence-electron chi connectivity index (χ3n) is 3.49. The molecular formula is C18H21NO. The Balaban J connectivity index is 2.05. The van der Waals surface area contributed by atoms with Crippen molar-refractivity contribution >= 4 is 5.91 Å². The van der Waals surface area contributed by atoms with Crippen LogP contribution in [0.25, 0.3) is 0 Å². The molecule has 2 aromatic carbocycles. The zero-order valence-corrected chi connectivity index (χ0v) is 12.3. The molecule has 0 saturated carbocycles. The Bertz CT molecular complexity index is 558. The van der Waals surface area contributed by atoms with Crippen molar-refractivity contribution in [2.75, 3.05) is 0 Å². The van der Waals surface area contributed by atoms with Crippen molar-refractivity contribution in [2.45, 2.75) is 32.7 Å². The van der Waals surface area contributed by atoms with Gasteiger partial charge >= 0.3 is 0 Å².